The number of nitrogens with zero attached hydrogens (tertiary/aromatic N) is 1. The standard InChI is InChI=1S/C13H25NO2/c1-9(2)12(13(15)16-5)14-7-10(3)6-11(4)8-14/h9-12H,6-8H2,1-5H3. The Kier molecular flexibility index (Phi) is 4.78. The number of methoxy groups -OCH3 is 1. The van der Waals surface area contributed by atoms with E-state index in [1.807, 2.05) is 0 Å². The van der Waals surface area contributed by atoms with Gasteiger partial charge in [-0.05, 0) is 24.2 Å². The van der Waals surface area contributed by atoms with Crippen molar-refractivity contribution in [3.05, 3.63) is 0 Å². The highest BCUT2D eigenvalue weighted by molar-refractivity contribution is 5.76. The summed E-state index contributed by atoms with van der Waals surface area (Å²) >= 11 is 0. The highest BCUT2D eigenvalue weighted by Gasteiger charge is 2.34. The minimum Gasteiger partial charge on any atom is -0.468 e. The van der Waals surface area contributed by atoms with Gasteiger partial charge in [0.15, 0.2) is 0 Å². The van der Waals surface area contributed by atoms with Gasteiger partial charge in [0.05, 0.1) is 7.11 Å². The number of carbonyl (C=O) groups excluding carboxylic acids is 1. The molecule has 3 unspecified atom stereocenters. The van der Waals surface area contributed by atoms with Gasteiger partial charge in [-0.25, -0.2) is 0 Å². The summed E-state index contributed by atoms with van der Waals surface area (Å²) < 4.78 is 4.92. The van der Waals surface area contributed by atoms with Gasteiger partial charge in [0.1, 0.15) is 6.04 Å². The predicted molar refractivity (Wildman–Crippen MR) is 65.2 cm³/mol. The fourth-order valence-electron chi connectivity index (χ4n) is 2.90. The molecule has 3 heteroatoms. The fraction of sp³-hybridized carbons (Fsp3) is 0.923. The molecule has 1 heterocycles. The highest BCUT2D eigenvalue weighted by atomic mass is 16.5. The molecule has 3 atom stereocenters. The van der Waals surface area contributed by atoms with Crippen molar-refractivity contribution in [3.63, 3.8) is 0 Å². The Balaban J connectivity index is 2.74. The summed E-state index contributed by atoms with van der Waals surface area (Å²) in [4.78, 5) is 14.1. The summed E-state index contributed by atoms with van der Waals surface area (Å²) in [6.45, 7) is 10.7. The van der Waals surface area contributed by atoms with Crippen LogP contribution in [0, 0.1) is 17.8 Å². The van der Waals surface area contributed by atoms with Crippen LogP contribution in [0.1, 0.15) is 34.1 Å². The third kappa shape index (κ3) is 3.21. The Morgan fingerprint density at radius 2 is 1.75 bits per heavy atom. The minimum absolute atomic E-state index is 0.0739. The zero-order valence-corrected chi connectivity index (χ0v) is 11.2. The number of carbonyl (C=O) groups is 1. The van der Waals surface area contributed by atoms with Crippen molar-refractivity contribution >= 4 is 5.97 Å². The molecule has 0 spiro atoms. The van der Waals surface area contributed by atoms with E-state index in [1.54, 1.807) is 0 Å². The second-order valence-electron chi connectivity index (χ2n) is 5.61. The van der Waals surface area contributed by atoms with Gasteiger partial charge < -0.3 is 4.74 Å². The quantitative estimate of drug-likeness (QED) is 0.692. The molecule has 1 fully saturated rings. The number of rotatable bonds is 3. The van der Waals surface area contributed by atoms with E-state index in [0.717, 1.165) is 13.1 Å². The molecule has 3 nitrogen and oxygen atoms in total. The van der Waals surface area contributed by atoms with Gasteiger partial charge in [-0.15, -0.1) is 0 Å². The summed E-state index contributed by atoms with van der Waals surface area (Å²) in [5.74, 6) is 1.57. The van der Waals surface area contributed by atoms with Crippen molar-refractivity contribution in [1.82, 2.24) is 4.90 Å². The van der Waals surface area contributed by atoms with Crippen LogP contribution in [-0.4, -0.2) is 37.1 Å². The summed E-state index contributed by atoms with van der Waals surface area (Å²) in [6.07, 6.45) is 1.27. The summed E-state index contributed by atoms with van der Waals surface area (Å²) in [7, 11) is 1.48. The average molecular weight is 227 g/mol. The number of likely N-dealkylation sites (tertiary alicyclic amines) is 1. The second kappa shape index (κ2) is 5.67. The van der Waals surface area contributed by atoms with Gasteiger partial charge in [0.2, 0.25) is 0 Å². The maximum Gasteiger partial charge on any atom is 0.323 e. The monoisotopic (exact) mass is 227 g/mol. The van der Waals surface area contributed by atoms with E-state index in [4.69, 9.17) is 4.74 Å². The van der Waals surface area contributed by atoms with Gasteiger partial charge in [0.25, 0.3) is 0 Å². The number of esters is 1. The lowest BCUT2D eigenvalue weighted by Gasteiger charge is -2.40. The van der Waals surface area contributed by atoms with E-state index >= 15 is 0 Å². The van der Waals surface area contributed by atoms with Gasteiger partial charge in [-0.3, -0.25) is 9.69 Å². The maximum atomic E-state index is 11.8. The number of hydrogen-bond acceptors (Lipinski definition) is 3. The van der Waals surface area contributed by atoms with E-state index in [9.17, 15) is 4.79 Å². The lowest BCUT2D eigenvalue weighted by atomic mass is 9.89. The molecule has 16 heavy (non-hydrogen) atoms. The summed E-state index contributed by atoms with van der Waals surface area (Å²) in [5, 5.41) is 0. The molecule has 0 aromatic heterocycles. The van der Waals surface area contributed by atoms with Gasteiger partial charge in [-0.2, -0.15) is 0 Å². The Bertz CT molecular complexity index is 230. The van der Waals surface area contributed by atoms with Crippen LogP contribution in [0.5, 0.6) is 0 Å². The van der Waals surface area contributed by atoms with Crippen LogP contribution in [-0.2, 0) is 9.53 Å². The lowest BCUT2D eigenvalue weighted by molar-refractivity contribution is -0.150. The van der Waals surface area contributed by atoms with E-state index < -0.39 is 0 Å². The molecule has 0 aromatic rings. The van der Waals surface area contributed by atoms with E-state index in [1.165, 1.54) is 13.5 Å². The zero-order valence-electron chi connectivity index (χ0n) is 11.2. The fourth-order valence-corrected chi connectivity index (χ4v) is 2.90. The largest absolute Gasteiger partial charge is 0.468 e. The van der Waals surface area contributed by atoms with Crippen molar-refractivity contribution in [2.24, 2.45) is 17.8 Å². The molecule has 0 amide bonds. The van der Waals surface area contributed by atoms with Crippen LogP contribution in [0.15, 0.2) is 0 Å². The molecule has 1 rings (SSSR count). The zero-order chi connectivity index (χ0) is 12.3. The molecule has 0 radical (unpaired) electrons. The SMILES string of the molecule is COC(=O)C(C(C)C)N1CC(C)CC(C)C1. The van der Waals surface area contributed by atoms with Crippen LogP contribution in [0.3, 0.4) is 0 Å². The third-order valence-corrected chi connectivity index (χ3v) is 3.36. The molecule has 0 saturated carbocycles. The predicted octanol–water partition coefficient (Wildman–Crippen LogP) is 2.16. The minimum atomic E-state index is -0.0868. The normalized spacial score (nSPS) is 29.1. The molecule has 1 aliphatic rings. The van der Waals surface area contributed by atoms with Crippen LogP contribution < -0.4 is 0 Å². The molecule has 0 aliphatic carbocycles. The smallest absolute Gasteiger partial charge is 0.323 e. The maximum absolute atomic E-state index is 11.8. The molecular weight excluding hydrogens is 202 g/mol. The van der Waals surface area contributed by atoms with Gasteiger partial charge in [-0.1, -0.05) is 27.7 Å². The Labute approximate surface area is 99.1 Å². The van der Waals surface area contributed by atoms with Crippen LogP contribution in [0.25, 0.3) is 0 Å². The Hall–Kier alpha value is -0.570. The lowest BCUT2D eigenvalue weighted by Crippen LogP contribution is -2.51. The summed E-state index contributed by atoms with van der Waals surface area (Å²) in [5.41, 5.74) is 0. The first-order valence-electron chi connectivity index (χ1n) is 6.27. The third-order valence-electron chi connectivity index (χ3n) is 3.36. The highest BCUT2D eigenvalue weighted by Crippen LogP contribution is 2.25. The number of piperidine rings is 1. The average Bonchev–Trinajstić information content (AvgIpc) is 2.15. The molecule has 0 bridgehead atoms. The molecule has 1 aliphatic heterocycles. The number of hydrogen-bond donors (Lipinski definition) is 0. The first-order chi connectivity index (χ1) is 7.45. The topological polar surface area (TPSA) is 29.5 Å². The van der Waals surface area contributed by atoms with Gasteiger partial charge >= 0.3 is 5.97 Å². The summed E-state index contributed by atoms with van der Waals surface area (Å²) in [6, 6.07) is -0.0739. The van der Waals surface area contributed by atoms with Crippen LogP contribution in [0.4, 0.5) is 0 Å². The van der Waals surface area contributed by atoms with Crippen molar-refractivity contribution < 1.29 is 9.53 Å². The molecular formula is C13H25NO2. The van der Waals surface area contributed by atoms with E-state index in [2.05, 4.69) is 32.6 Å². The molecule has 0 aromatic carbocycles. The molecule has 94 valence electrons. The first kappa shape index (κ1) is 13.5. The van der Waals surface area contributed by atoms with E-state index in [-0.39, 0.29) is 12.0 Å². The van der Waals surface area contributed by atoms with Crippen LogP contribution in [0.2, 0.25) is 0 Å². The molecule has 0 N–H and O–H groups in total. The van der Waals surface area contributed by atoms with Crippen molar-refractivity contribution in [1.29, 1.82) is 0 Å². The van der Waals surface area contributed by atoms with Crippen molar-refractivity contribution in [2.45, 2.75) is 40.2 Å². The van der Waals surface area contributed by atoms with Crippen molar-refractivity contribution in [2.75, 3.05) is 20.2 Å². The first-order valence-corrected chi connectivity index (χ1v) is 6.27. The van der Waals surface area contributed by atoms with Gasteiger partial charge in [0, 0.05) is 13.1 Å². The Morgan fingerprint density at radius 3 is 2.12 bits per heavy atom. The van der Waals surface area contributed by atoms with Crippen LogP contribution >= 0.6 is 0 Å². The molecule has 1 saturated heterocycles. The Morgan fingerprint density at radius 1 is 1.25 bits per heavy atom. The second-order valence-corrected chi connectivity index (χ2v) is 5.61. The number of ether oxygens (including phenoxy) is 1. The van der Waals surface area contributed by atoms with E-state index in [0.29, 0.717) is 17.8 Å². The van der Waals surface area contributed by atoms with Crippen molar-refractivity contribution in [3.8, 4) is 0 Å².